The average Bonchev–Trinajstić information content (AvgIpc) is 2.74. The fraction of sp³-hybridized carbons (Fsp3) is 0. The van der Waals surface area contributed by atoms with Crippen LogP contribution in [-0.2, 0) is 0 Å². The van der Waals surface area contributed by atoms with Gasteiger partial charge in [-0.25, -0.2) is 4.39 Å². The van der Waals surface area contributed by atoms with Gasteiger partial charge in [0, 0.05) is 23.8 Å². The molecule has 3 aromatic carbocycles. The fourth-order valence-corrected chi connectivity index (χ4v) is 3.84. The van der Waals surface area contributed by atoms with Gasteiger partial charge in [0.1, 0.15) is 5.82 Å². The summed E-state index contributed by atoms with van der Waals surface area (Å²) in [6.07, 6.45) is 2.04. The van der Waals surface area contributed by atoms with Gasteiger partial charge in [0.15, 0.2) is 6.20 Å². The summed E-state index contributed by atoms with van der Waals surface area (Å²) < 4.78 is 16.4. The molecule has 0 radical (unpaired) electrons. The van der Waals surface area contributed by atoms with Gasteiger partial charge in [-0.15, -0.1) is 0 Å². The highest BCUT2D eigenvalue weighted by Crippen LogP contribution is 2.39. The average molecular weight is 350 g/mol. The molecule has 0 fully saturated rings. The van der Waals surface area contributed by atoms with Crippen molar-refractivity contribution >= 4 is 16.4 Å². The molecule has 128 valence electrons. The molecule has 0 aliphatic rings. The van der Waals surface area contributed by atoms with Crippen molar-refractivity contribution in [2.24, 2.45) is 0 Å². The van der Waals surface area contributed by atoms with Crippen LogP contribution in [0.25, 0.3) is 38.7 Å². The van der Waals surface area contributed by atoms with Gasteiger partial charge in [0.25, 0.3) is 0 Å². The van der Waals surface area contributed by atoms with Crippen LogP contribution < -0.4 is 4.40 Å². The van der Waals surface area contributed by atoms with Crippen molar-refractivity contribution in [3.63, 3.8) is 0 Å². The summed E-state index contributed by atoms with van der Waals surface area (Å²) in [6.45, 7) is 0. The Morgan fingerprint density at radius 1 is 0.556 bits per heavy atom. The standard InChI is InChI=1S/C25H17FN/c26-20-14-15-22-21(17-20)24(18-9-3-1-4-10-18)25(19-11-5-2-6-12-19)23-13-7-8-16-27(22)23/h1-17H/q+1. The maximum Gasteiger partial charge on any atom is 0.219 e. The zero-order valence-electron chi connectivity index (χ0n) is 14.6. The van der Waals surface area contributed by atoms with Crippen molar-refractivity contribution < 1.29 is 8.79 Å². The van der Waals surface area contributed by atoms with Crippen LogP contribution in [0.2, 0.25) is 0 Å². The van der Waals surface area contributed by atoms with Crippen LogP contribution in [0.4, 0.5) is 4.39 Å². The Kier molecular flexibility index (Phi) is 3.68. The second-order valence-electron chi connectivity index (χ2n) is 6.60. The summed E-state index contributed by atoms with van der Waals surface area (Å²) in [5.41, 5.74) is 6.46. The first-order valence-electron chi connectivity index (χ1n) is 8.99. The number of pyridine rings is 2. The van der Waals surface area contributed by atoms with E-state index in [1.54, 1.807) is 6.07 Å². The molecule has 0 saturated carbocycles. The van der Waals surface area contributed by atoms with Gasteiger partial charge in [-0.1, -0.05) is 60.7 Å². The van der Waals surface area contributed by atoms with Crippen molar-refractivity contribution in [3.8, 4) is 22.3 Å². The number of halogens is 1. The Hall–Kier alpha value is -3.52. The van der Waals surface area contributed by atoms with E-state index in [-0.39, 0.29) is 5.82 Å². The van der Waals surface area contributed by atoms with Crippen molar-refractivity contribution in [2.45, 2.75) is 0 Å². The summed E-state index contributed by atoms with van der Waals surface area (Å²) in [6, 6.07) is 31.8. The van der Waals surface area contributed by atoms with E-state index in [1.165, 1.54) is 6.07 Å². The fourth-order valence-electron chi connectivity index (χ4n) is 3.84. The first-order valence-corrected chi connectivity index (χ1v) is 8.99. The predicted octanol–water partition coefficient (Wildman–Crippen LogP) is 6.05. The zero-order valence-corrected chi connectivity index (χ0v) is 14.6. The molecular weight excluding hydrogens is 333 g/mol. The molecular formula is C25H17FN+. The van der Waals surface area contributed by atoms with E-state index >= 15 is 0 Å². The highest BCUT2D eigenvalue weighted by molar-refractivity contribution is 6.05. The number of rotatable bonds is 2. The molecule has 2 heteroatoms. The molecule has 1 nitrogen and oxygen atoms in total. The maximum atomic E-state index is 14.3. The van der Waals surface area contributed by atoms with E-state index in [2.05, 4.69) is 34.7 Å². The molecule has 0 aliphatic heterocycles. The molecule has 5 rings (SSSR count). The number of nitrogens with zero attached hydrogens (tertiary/aromatic N) is 1. The third kappa shape index (κ3) is 2.58. The molecule has 5 aromatic rings. The Labute approximate surface area is 157 Å². The van der Waals surface area contributed by atoms with E-state index in [9.17, 15) is 4.39 Å². The molecule has 0 N–H and O–H groups in total. The lowest BCUT2D eigenvalue weighted by molar-refractivity contribution is -0.481. The molecule has 0 atom stereocenters. The van der Waals surface area contributed by atoms with Crippen molar-refractivity contribution in [1.82, 2.24) is 0 Å². The molecule has 0 amide bonds. The Bertz CT molecular complexity index is 1260. The second-order valence-corrected chi connectivity index (χ2v) is 6.60. The number of fused-ring (bicyclic) bond motifs is 3. The van der Waals surface area contributed by atoms with Crippen LogP contribution in [0.5, 0.6) is 0 Å². The maximum absolute atomic E-state index is 14.3. The zero-order chi connectivity index (χ0) is 18.2. The summed E-state index contributed by atoms with van der Waals surface area (Å²) >= 11 is 0. The lowest BCUT2D eigenvalue weighted by Gasteiger charge is -2.14. The van der Waals surface area contributed by atoms with Crippen molar-refractivity contribution in [3.05, 3.63) is 109 Å². The first kappa shape index (κ1) is 15.7. The molecule has 0 unspecified atom stereocenters. The third-order valence-electron chi connectivity index (χ3n) is 4.98. The lowest BCUT2D eigenvalue weighted by atomic mass is 9.90. The summed E-state index contributed by atoms with van der Waals surface area (Å²) in [5.74, 6) is -0.227. The SMILES string of the molecule is Fc1ccc2c(c1)c(-c1ccccc1)c(-c1ccccc1)c1cccc[n+]12. The summed E-state index contributed by atoms with van der Waals surface area (Å²) in [4.78, 5) is 0. The van der Waals surface area contributed by atoms with Crippen molar-refractivity contribution in [2.75, 3.05) is 0 Å². The summed E-state index contributed by atoms with van der Waals surface area (Å²) in [5, 5.41) is 0.906. The minimum absolute atomic E-state index is 0.227. The van der Waals surface area contributed by atoms with Gasteiger partial charge in [-0.3, -0.25) is 0 Å². The van der Waals surface area contributed by atoms with Crippen LogP contribution in [0.15, 0.2) is 103 Å². The highest BCUT2D eigenvalue weighted by Gasteiger charge is 2.23. The monoisotopic (exact) mass is 350 g/mol. The Morgan fingerprint density at radius 2 is 1.19 bits per heavy atom. The van der Waals surface area contributed by atoms with Crippen LogP contribution in [0.1, 0.15) is 0 Å². The molecule has 0 aliphatic carbocycles. The van der Waals surface area contributed by atoms with Gasteiger partial charge < -0.3 is 0 Å². The predicted molar refractivity (Wildman–Crippen MR) is 108 cm³/mol. The van der Waals surface area contributed by atoms with E-state index in [1.807, 2.05) is 60.8 Å². The summed E-state index contributed by atoms with van der Waals surface area (Å²) in [7, 11) is 0. The number of hydrogen-bond acceptors (Lipinski definition) is 0. The smallest absolute Gasteiger partial charge is 0.207 e. The number of aromatic nitrogens is 1. The minimum atomic E-state index is -0.227. The second kappa shape index (κ2) is 6.33. The van der Waals surface area contributed by atoms with Crippen LogP contribution >= 0.6 is 0 Å². The number of hydrogen-bond donors (Lipinski definition) is 0. The normalized spacial score (nSPS) is 11.1. The molecule has 2 heterocycles. The molecule has 0 bridgehead atoms. The molecule has 27 heavy (non-hydrogen) atoms. The van der Waals surface area contributed by atoms with Gasteiger partial charge in [0.2, 0.25) is 11.0 Å². The van der Waals surface area contributed by atoms with E-state index in [4.69, 9.17) is 0 Å². The van der Waals surface area contributed by atoms with Gasteiger partial charge in [-0.05, 0) is 29.3 Å². The lowest BCUT2D eigenvalue weighted by Crippen LogP contribution is -2.23. The van der Waals surface area contributed by atoms with E-state index in [0.29, 0.717) is 0 Å². The first-order chi connectivity index (χ1) is 13.3. The van der Waals surface area contributed by atoms with Crippen LogP contribution in [0.3, 0.4) is 0 Å². The third-order valence-corrected chi connectivity index (χ3v) is 4.98. The molecule has 0 saturated heterocycles. The molecule has 0 spiro atoms. The minimum Gasteiger partial charge on any atom is -0.207 e. The Balaban J connectivity index is 2.07. The molecule has 2 aromatic heterocycles. The van der Waals surface area contributed by atoms with Gasteiger partial charge >= 0.3 is 0 Å². The largest absolute Gasteiger partial charge is 0.219 e. The van der Waals surface area contributed by atoms with E-state index < -0.39 is 0 Å². The van der Waals surface area contributed by atoms with Crippen LogP contribution in [0, 0.1) is 5.82 Å². The van der Waals surface area contributed by atoms with Gasteiger partial charge in [0.05, 0.1) is 10.9 Å². The number of benzene rings is 3. The van der Waals surface area contributed by atoms with Gasteiger partial charge in [-0.2, -0.15) is 4.40 Å². The Morgan fingerprint density at radius 3 is 1.89 bits per heavy atom. The van der Waals surface area contributed by atoms with E-state index in [0.717, 1.165) is 38.7 Å². The topological polar surface area (TPSA) is 4.10 Å². The van der Waals surface area contributed by atoms with Crippen molar-refractivity contribution in [1.29, 1.82) is 0 Å². The van der Waals surface area contributed by atoms with Crippen LogP contribution in [-0.4, -0.2) is 0 Å². The highest BCUT2D eigenvalue weighted by atomic mass is 19.1. The quantitative estimate of drug-likeness (QED) is 0.269.